The van der Waals surface area contributed by atoms with Crippen LogP contribution >= 0.6 is 0 Å². The first-order valence-corrected chi connectivity index (χ1v) is 8.07. The quantitative estimate of drug-likeness (QED) is 0.711. The van der Waals surface area contributed by atoms with Crippen LogP contribution in [0.2, 0.25) is 0 Å². The SMILES string of the molecule is CC(C)(C)NCC(O)COC1(C(=O)Nc2ccccc2)CC=CO1. The zero-order valence-corrected chi connectivity index (χ0v) is 14.4. The Morgan fingerprint density at radius 3 is 2.67 bits per heavy atom. The second-order valence-electron chi connectivity index (χ2n) is 6.86. The fourth-order valence-electron chi connectivity index (χ4n) is 2.18. The zero-order chi connectivity index (χ0) is 17.6. The molecule has 132 valence electrons. The smallest absolute Gasteiger partial charge is 0.297 e. The lowest BCUT2D eigenvalue weighted by Crippen LogP contribution is -2.48. The summed E-state index contributed by atoms with van der Waals surface area (Å²) in [5.41, 5.74) is 0.560. The first-order chi connectivity index (χ1) is 11.3. The van der Waals surface area contributed by atoms with E-state index in [9.17, 15) is 9.90 Å². The Labute approximate surface area is 142 Å². The van der Waals surface area contributed by atoms with Gasteiger partial charge in [0.25, 0.3) is 11.7 Å². The number of benzene rings is 1. The fraction of sp³-hybridized carbons (Fsp3) is 0.500. The summed E-state index contributed by atoms with van der Waals surface area (Å²) in [5, 5.41) is 16.0. The van der Waals surface area contributed by atoms with Crippen molar-refractivity contribution >= 4 is 11.6 Å². The molecule has 0 aromatic heterocycles. The van der Waals surface area contributed by atoms with Crippen LogP contribution < -0.4 is 10.6 Å². The van der Waals surface area contributed by atoms with Crippen LogP contribution in [0, 0.1) is 0 Å². The van der Waals surface area contributed by atoms with Crippen LogP contribution in [0.15, 0.2) is 42.7 Å². The van der Waals surface area contributed by atoms with Crippen LogP contribution in [-0.4, -0.2) is 41.6 Å². The number of amides is 1. The highest BCUT2D eigenvalue weighted by molar-refractivity contribution is 5.96. The van der Waals surface area contributed by atoms with E-state index in [4.69, 9.17) is 9.47 Å². The van der Waals surface area contributed by atoms with E-state index in [2.05, 4.69) is 10.6 Å². The number of rotatable bonds is 7. The maximum atomic E-state index is 12.6. The Bertz CT molecular complexity index is 558. The summed E-state index contributed by atoms with van der Waals surface area (Å²) in [7, 11) is 0. The average molecular weight is 334 g/mol. The molecule has 1 amide bonds. The van der Waals surface area contributed by atoms with E-state index < -0.39 is 17.8 Å². The zero-order valence-electron chi connectivity index (χ0n) is 14.4. The molecule has 1 aromatic rings. The summed E-state index contributed by atoms with van der Waals surface area (Å²) in [6.07, 6.45) is 2.73. The third-order valence-electron chi connectivity index (χ3n) is 3.50. The van der Waals surface area contributed by atoms with Crippen molar-refractivity contribution in [3.63, 3.8) is 0 Å². The monoisotopic (exact) mass is 334 g/mol. The number of para-hydroxylation sites is 1. The summed E-state index contributed by atoms with van der Waals surface area (Å²) in [6, 6.07) is 9.11. The molecule has 6 nitrogen and oxygen atoms in total. The van der Waals surface area contributed by atoms with Crippen molar-refractivity contribution < 1.29 is 19.4 Å². The van der Waals surface area contributed by atoms with Crippen molar-refractivity contribution in [3.8, 4) is 0 Å². The van der Waals surface area contributed by atoms with Gasteiger partial charge in [0.05, 0.1) is 19.0 Å². The van der Waals surface area contributed by atoms with E-state index >= 15 is 0 Å². The van der Waals surface area contributed by atoms with Gasteiger partial charge in [-0.15, -0.1) is 0 Å². The average Bonchev–Trinajstić information content (AvgIpc) is 3.01. The molecule has 0 spiro atoms. The van der Waals surface area contributed by atoms with Crippen LogP contribution in [0.4, 0.5) is 5.69 Å². The molecule has 0 aliphatic carbocycles. The van der Waals surface area contributed by atoms with Gasteiger partial charge in [-0.2, -0.15) is 0 Å². The Morgan fingerprint density at radius 2 is 2.08 bits per heavy atom. The molecule has 0 bridgehead atoms. The topological polar surface area (TPSA) is 79.8 Å². The van der Waals surface area contributed by atoms with Gasteiger partial charge in [-0.3, -0.25) is 4.79 Å². The second kappa shape index (κ2) is 7.79. The minimum Gasteiger partial charge on any atom is -0.461 e. The maximum Gasteiger partial charge on any atom is 0.297 e. The largest absolute Gasteiger partial charge is 0.461 e. The highest BCUT2D eigenvalue weighted by Crippen LogP contribution is 2.27. The van der Waals surface area contributed by atoms with Gasteiger partial charge in [-0.1, -0.05) is 18.2 Å². The molecule has 2 unspecified atom stereocenters. The summed E-state index contributed by atoms with van der Waals surface area (Å²) in [4.78, 5) is 12.6. The van der Waals surface area contributed by atoms with Crippen molar-refractivity contribution in [2.75, 3.05) is 18.5 Å². The molecule has 1 heterocycles. The van der Waals surface area contributed by atoms with Gasteiger partial charge < -0.3 is 25.2 Å². The molecular weight excluding hydrogens is 308 g/mol. The molecule has 2 rings (SSSR count). The number of anilines is 1. The molecule has 6 heteroatoms. The maximum absolute atomic E-state index is 12.6. The van der Waals surface area contributed by atoms with Gasteiger partial charge in [0.1, 0.15) is 0 Å². The van der Waals surface area contributed by atoms with Crippen molar-refractivity contribution in [3.05, 3.63) is 42.7 Å². The van der Waals surface area contributed by atoms with Crippen molar-refractivity contribution in [1.29, 1.82) is 0 Å². The normalized spacial score (nSPS) is 21.3. The molecule has 0 saturated carbocycles. The lowest BCUT2D eigenvalue weighted by molar-refractivity contribution is -0.204. The summed E-state index contributed by atoms with van der Waals surface area (Å²) >= 11 is 0. The summed E-state index contributed by atoms with van der Waals surface area (Å²) in [6.45, 7) is 6.40. The van der Waals surface area contributed by atoms with Crippen LogP contribution in [0.1, 0.15) is 27.2 Å². The second-order valence-corrected chi connectivity index (χ2v) is 6.86. The number of aliphatic hydroxyl groups excluding tert-OH is 1. The number of aliphatic hydroxyl groups is 1. The first kappa shape index (κ1) is 18.4. The Morgan fingerprint density at radius 1 is 1.38 bits per heavy atom. The van der Waals surface area contributed by atoms with E-state index in [0.717, 1.165) is 0 Å². The van der Waals surface area contributed by atoms with E-state index in [-0.39, 0.29) is 12.1 Å². The lowest BCUT2D eigenvalue weighted by atomic mass is 10.1. The minimum atomic E-state index is -1.43. The summed E-state index contributed by atoms with van der Waals surface area (Å²) in [5.74, 6) is -1.83. The molecule has 0 saturated heterocycles. The fourth-order valence-corrected chi connectivity index (χ4v) is 2.18. The molecule has 3 N–H and O–H groups in total. The summed E-state index contributed by atoms with van der Waals surface area (Å²) < 4.78 is 11.1. The number of carbonyl (C=O) groups excluding carboxylic acids is 1. The predicted molar refractivity (Wildman–Crippen MR) is 92.4 cm³/mol. The van der Waals surface area contributed by atoms with E-state index in [1.807, 2.05) is 39.0 Å². The van der Waals surface area contributed by atoms with Gasteiger partial charge in [-0.25, -0.2) is 0 Å². The van der Waals surface area contributed by atoms with Crippen LogP contribution in [0.25, 0.3) is 0 Å². The molecule has 2 atom stereocenters. The van der Waals surface area contributed by atoms with Crippen LogP contribution in [0.5, 0.6) is 0 Å². The van der Waals surface area contributed by atoms with Crippen molar-refractivity contribution in [2.24, 2.45) is 0 Å². The number of hydrogen-bond acceptors (Lipinski definition) is 5. The molecule has 0 fully saturated rings. The van der Waals surface area contributed by atoms with Gasteiger partial charge in [0.15, 0.2) is 0 Å². The van der Waals surface area contributed by atoms with Crippen molar-refractivity contribution in [1.82, 2.24) is 5.32 Å². The standard InChI is InChI=1S/C18H26N2O4/c1-17(2,3)19-12-15(21)13-24-18(10-7-11-23-18)16(22)20-14-8-5-4-6-9-14/h4-9,11,15,19,21H,10,12-13H2,1-3H3,(H,20,22). The van der Waals surface area contributed by atoms with Gasteiger partial charge in [0.2, 0.25) is 0 Å². The highest BCUT2D eigenvalue weighted by Gasteiger charge is 2.43. The number of hydrogen-bond donors (Lipinski definition) is 3. The third-order valence-corrected chi connectivity index (χ3v) is 3.50. The van der Waals surface area contributed by atoms with E-state index in [0.29, 0.717) is 18.7 Å². The number of nitrogens with one attached hydrogen (secondary N) is 2. The first-order valence-electron chi connectivity index (χ1n) is 8.07. The Balaban J connectivity index is 1.91. The molecular formula is C18H26N2O4. The van der Waals surface area contributed by atoms with Crippen molar-refractivity contribution in [2.45, 2.75) is 44.6 Å². The Hall–Kier alpha value is -1.89. The molecule has 1 aliphatic heterocycles. The Kier molecular flexibility index (Phi) is 5.99. The molecule has 0 radical (unpaired) electrons. The molecule has 1 aliphatic rings. The minimum absolute atomic E-state index is 0.00697. The number of carbonyl (C=O) groups is 1. The van der Waals surface area contributed by atoms with Gasteiger partial charge in [-0.05, 0) is 39.0 Å². The van der Waals surface area contributed by atoms with Crippen LogP contribution in [0.3, 0.4) is 0 Å². The highest BCUT2D eigenvalue weighted by atomic mass is 16.7. The van der Waals surface area contributed by atoms with Crippen LogP contribution in [-0.2, 0) is 14.3 Å². The number of ether oxygens (including phenoxy) is 2. The van der Waals surface area contributed by atoms with Gasteiger partial charge >= 0.3 is 0 Å². The number of β-amino-alcohol motifs (C(OH)–C–C–N with tert-alkyl or cyclic N) is 1. The van der Waals surface area contributed by atoms with E-state index in [1.54, 1.807) is 18.2 Å². The third kappa shape index (κ3) is 5.33. The lowest BCUT2D eigenvalue weighted by Gasteiger charge is -2.29. The predicted octanol–water partition coefficient (Wildman–Crippen LogP) is 2.02. The van der Waals surface area contributed by atoms with Gasteiger partial charge in [0, 0.05) is 24.2 Å². The molecule has 24 heavy (non-hydrogen) atoms. The van der Waals surface area contributed by atoms with E-state index in [1.165, 1.54) is 6.26 Å². The molecule has 1 aromatic carbocycles.